The number of hydrogen-bond acceptors (Lipinski definition) is 4. The molecule has 0 aliphatic carbocycles. The molecule has 0 spiro atoms. The Labute approximate surface area is 105 Å². The van der Waals surface area contributed by atoms with Gasteiger partial charge in [0, 0.05) is 12.7 Å². The summed E-state index contributed by atoms with van der Waals surface area (Å²) in [6.45, 7) is 1.65. The predicted octanol–water partition coefficient (Wildman–Crippen LogP) is 1.80. The summed E-state index contributed by atoms with van der Waals surface area (Å²) >= 11 is 5.93. The molecule has 0 unspecified atom stereocenters. The van der Waals surface area contributed by atoms with Crippen LogP contribution < -0.4 is 5.32 Å². The van der Waals surface area contributed by atoms with Crippen molar-refractivity contribution in [2.75, 3.05) is 32.5 Å². The van der Waals surface area contributed by atoms with Crippen molar-refractivity contribution >= 4 is 23.4 Å². The second-order valence-corrected chi connectivity index (χ2v) is 4.29. The number of rotatable bonds is 6. The Kier molecular flexibility index (Phi) is 5.18. The van der Waals surface area contributed by atoms with Crippen LogP contribution in [0.5, 0.6) is 0 Å². The van der Waals surface area contributed by atoms with Gasteiger partial charge < -0.3 is 15.3 Å². The minimum atomic E-state index is -1.05. The summed E-state index contributed by atoms with van der Waals surface area (Å²) in [5, 5.41) is 12.1. The molecule has 94 valence electrons. The Morgan fingerprint density at radius 1 is 1.59 bits per heavy atom. The van der Waals surface area contributed by atoms with E-state index in [1.165, 1.54) is 12.3 Å². The zero-order valence-corrected chi connectivity index (χ0v) is 10.7. The Bertz CT molecular complexity index is 396. The normalized spacial score (nSPS) is 10.6. The summed E-state index contributed by atoms with van der Waals surface area (Å²) in [7, 11) is 3.99. The van der Waals surface area contributed by atoms with E-state index in [4.69, 9.17) is 16.7 Å². The number of halogens is 1. The van der Waals surface area contributed by atoms with Crippen LogP contribution in [0.1, 0.15) is 16.8 Å². The monoisotopic (exact) mass is 257 g/mol. The number of pyridine rings is 1. The Morgan fingerprint density at radius 3 is 2.88 bits per heavy atom. The summed E-state index contributed by atoms with van der Waals surface area (Å²) in [4.78, 5) is 16.9. The Morgan fingerprint density at radius 2 is 2.29 bits per heavy atom. The summed E-state index contributed by atoms with van der Waals surface area (Å²) in [5.41, 5.74) is 0.0665. The third-order valence-corrected chi connectivity index (χ3v) is 2.58. The van der Waals surface area contributed by atoms with Gasteiger partial charge in [-0.1, -0.05) is 11.6 Å². The van der Waals surface area contributed by atoms with E-state index in [9.17, 15) is 4.79 Å². The van der Waals surface area contributed by atoms with Gasteiger partial charge in [-0.15, -0.1) is 0 Å². The molecule has 1 aromatic rings. The topological polar surface area (TPSA) is 65.5 Å². The molecule has 5 nitrogen and oxygen atoms in total. The number of nitrogens with zero attached hydrogens (tertiary/aromatic N) is 2. The SMILES string of the molecule is CN(C)CCCNc1nccc(C(=O)O)c1Cl. The highest BCUT2D eigenvalue weighted by atomic mass is 35.5. The highest BCUT2D eigenvalue weighted by molar-refractivity contribution is 6.35. The molecule has 0 aliphatic heterocycles. The lowest BCUT2D eigenvalue weighted by atomic mass is 10.2. The number of aromatic carboxylic acids is 1. The van der Waals surface area contributed by atoms with Gasteiger partial charge in [-0.25, -0.2) is 9.78 Å². The lowest BCUT2D eigenvalue weighted by Crippen LogP contribution is -2.17. The lowest BCUT2D eigenvalue weighted by Gasteiger charge is -2.11. The number of carboxylic acids is 1. The third kappa shape index (κ3) is 4.20. The van der Waals surface area contributed by atoms with Crippen molar-refractivity contribution in [1.82, 2.24) is 9.88 Å². The van der Waals surface area contributed by atoms with Crippen molar-refractivity contribution in [3.8, 4) is 0 Å². The summed E-state index contributed by atoms with van der Waals surface area (Å²) < 4.78 is 0. The highest BCUT2D eigenvalue weighted by Crippen LogP contribution is 2.23. The van der Waals surface area contributed by atoms with Crippen molar-refractivity contribution in [2.24, 2.45) is 0 Å². The second-order valence-electron chi connectivity index (χ2n) is 3.91. The van der Waals surface area contributed by atoms with E-state index in [0.717, 1.165) is 13.0 Å². The number of nitrogens with one attached hydrogen (secondary N) is 1. The van der Waals surface area contributed by atoms with E-state index in [1.807, 2.05) is 14.1 Å². The molecular weight excluding hydrogens is 242 g/mol. The molecule has 0 atom stereocenters. The van der Waals surface area contributed by atoms with Gasteiger partial charge in [0.2, 0.25) is 0 Å². The fourth-order valence-electron chi connectivity index (χ4n) is 1.33. The van der Waals surface area contributed by atoms with Crippen LogP contribution in [0.3, 0.4) is 0 Å². The van der Waals surface area contributed by atoms with E-state index >= 15 is 0 Å². The van der Waals surface area contributed by atoms with Crippen LogP contribution in [-0.4, -0.2) is 48.1 Å². The van der Waals surface area contributed by atoms with E-state index in [1.54, 1.807) is 0 Å². The van der Waals surface area contributed by atoms with Gasteiger partial charge in [-0.05, 0) is 33.1 Å². The predicted molar refractivity (Wildman–Crippen MR) is 67.9 cm³/mol. The minimum absolute atomic E-state index is 0.0665. The zero-order chi connectivity index (χ0) is 12.8. The molecule has 0 fully saturated rings. The van der Waals surface area contributed by atoms with Crippen molar-refractivity contribution in [1.29, 1.82) is 0 Å². The first-order valence-corrected chi connectivity index (χ1v) is 5.66. The van der Waals surface area contributed by atoms with Crippen LogP contribution in [0, 0.1) is 0 Å². The fourth-order valence-corrected chi connectivity index (χ4v) is 1.59. The van der Waals surface area contributed by atoms with Crippen LogP contribution in [0.2, 0.25) is 5.02 Å². The first kappa shape index (κ1) is 13.7. The van der Waals surface area contributed by atoms with Crippen LogP contribution in [-0.2, 0) is 0 Å². The molecule has 6 heteroatoms. The Balaban J connectivity index is 2.59. The first-order chi connectivity index (χ1) is 8.02. The maximum absolute atomic E-state index is 10.8. The molecule has 17 heavy (non-hydrogen) atoms. The number of aromatic nitrogens is 1. The summed E-state index contributed by atoms with van der Waals surface area (Å²) in [6, 6.07) is 1.38. The largest absolute Gasteiger partial charge is 0.478 e. The maximum atomic E-state index is 10.8. The standard InChI is InChI=1S/C11H16ClN3O2/c1-15(2)7-3-5-13-10-9(12)8(11(16)17)4-6-14-10/h4,6H,3,5,7H2,1-2H3,(H,13,14)(H,16,17). The molecule has 1 aromatic heterocycles. The molecule has 0 aliphatic rings. The van der Waals surface area contributed by atoms with Crippen LogP contribution in [0.4, 0.5) is 5.82 Å². The van der Waals surface area contributed by atoms with Crippen LogP contribution >= 0.6 is 11.6 Å². The van der Waals surface area contributed by atoms with Gasteiger partial charge in [0.05, 0.1) is 10.6 Å². The molecule has 1 rings (SSSR count). The average Bonchev–Trinajstić information content (AvgIpc) is 2.25. The highest BCUT2D eigenvalue weighted by Gasteiger charge is 2.12. The van der Waals surface area contributed by atoms with Crippen molar-refractivity contribution in [3.05, 3.63) is 22.8 Å². The van der Waals surface area contributed by atoms with Crippen molar-refractivity contribution in [3.63, 3.8) is 0 Å². The van der Waals surface area contributed by atoms with Crippen molar-refractivity contribution < 1.29 is 9.90 Å². The summed E-state index contributed by atoms with van der Waals surface area (Å²) in [5.74, 6) is -0.626. The zero-order valence-electron chi connectivity index (χ0n) is 9.90. The molecule has 0 aromatic carbocycles. The van der Waals surface area contributed by atoms with E-state index in [2.05, 4.69) is 15.2 Å². The second kappa shape index (κ2) is 6.42. The van der Waals surface area contributed by atoms with Gasteiger partial charge in [-0.2, -0.15) is 0 Å². The van der Waals surface area contributed by atoms with Gasteiger partial charge in [0.25, 0.3) is 0 Å². The molecule has 2 N–H and O–H groups in total. The molecule has 1 heterocycles. The first-order valence-electron chi connectivity index (χ1n) is 5.28. The quantitative estimate of drug-likeness (QED) is 0.761. The number of hydrogen-bond donors (Lipinski definition) is 2. The molecule has 0 saturated heterocycles. The van der Waals surface area contributed by atoms with E-state index in [0.29, 0.717) is 12.4 Å². The molecule has 0 saturated carbocycles. The van der Waals surface area contributed by atoms with Gasteiger partial charge in [-0.3, -0.25) is 0 Å². The van der Waals surface area contributed by atoms with E-state index < -0.39 is 5.97 Å². The van der Waals surface area contributed by atoms with Gasteiger partial charge in [0.15, 0.2) is 0 Å². The van der Waals surface area contributed by atoms with Crippen LogP contribution in [0.25, 0.3) is 0 Å². The average molecular weight is 258 g/mol. The molecule has 0 radical (unpaired) electrons. The minimum Gasteiger partial charge on any atom is -0.478 e. The third-order valence-electron chi connectivity index (χ3n) is 2.19. The number of carboxylic acid groups (broad SMARTS) is 1. The van der Waals surface area contributed by atoms with E-state index in [-0.39, 0.29) is 10.6 Å². The number of anilines is 1. The smallest absolute Gasteiger partial charge is 0.337 e. The maximum Gasteiger partial charge on any atom is 0.337 e. The number of carbonyl (C=O) groups is 1. The van der Waals surface area contributed by atoms with Gasteiger partial charge >= 0.3 is 5.97 Å². The van der Waals surface area contributed by atoms with Crippen molar-refractivity contribution in [2.45, 2.75) is 6.42 Å². The summed E-state index contributed by atoms with van der Waals surface area (Å²) in [6.07, 6.45) is 2.37. The van der Waals surface area contributed by atoms with Gasteiger partial charge in [0.1, 0.15) is 5.82 Å². The molecule has 0 bridgehead atoms. The molecular formula is C11H16ClN3O2. The molecule has 0 amide bonds. The fraction of sp³-hybridized carbons (Fsp3) is 0.455. The lowest BCUT2D eigenvalue weighted by molar-refractivity contribution is 0.0697. The van der Waals surface area contributed by atoms with Crippen LogP contribution in [0.15, 0.2) is 12.3 Å². The Hall–Kier alpha value is -1.33.